The Kier molecular flexibility index (Phi) is 3.91. The number of rotatable bonds is 2. The van der Waals surface area contributed by atoms with Gasteiger partial charge in [0.15, 0.2) is 5.96 Å². The Morgan fingerprint density at radius 3 is 2.93 bits per heavy atom. The first kappa shape index (κ1) is 10.5. The predicted molar refractivity (Wildman–Crippen MR) is 58.2 cm³/mol. The van der Waals surface area contributed by atoms with Crippen LogP contribution in [0.4, 0.5) is 0 Å². The van der Waals surface area contributed by atoms with E-state index in [0.717, 1.165) is 12.5 Å². The SMILES string of the molecule is CN=C(NC)NCc1ccncc1C. The third-order valence-corrected chi connectivity index (χ3v) is 2.04. The van der Waals surface area contributed by atoms with E-state index in [2.05, 4.69) is 20.6 Å². The number of nitrogens with one attached hydrogen (secondary N) is 2. The number of hydrogen-bond acceptors (Lipinski definition) is 2. The Morgan fingerprint density at radius 1 is 1.57 bits per heavy atom. The zero-order chi connectivity index (χ0) is 10.4. The zero-order valence-corrected chi connectivity index (χ0v) is 8.83. The van der Waals surface area contributed by atoms with Crippen LogP contribution in [0, 0.1) is 6.92 Å². The summed E-state index contributed by atoms with van der Waals surface area (Å²) in [4.78, 5) is 8.07. The van der Waals surface area contributed by atoms with Crippen molar-refractivity contribution in [3.8, 4) is 0 Å². The van der Waals surface area contributed by atoms with Crippen molar-refractivity contribution >= 4 is 5.96 Å². The van der Waals surface area contributed by atoms with Gasteiger partial charge in [-0.05, 0) is 24.1 Å². The van der Waals surface area contributed by atoms with Crippen molar-refractivity contribution in [3.05, 3.63) is 29.6 Å². The molecule has 0 radical (unpaired) electrons. The summed E-state index contributed by atoms with van der Waals surface area (Å²) >= 11 is 0. The summed E-state index contributed by atoms with van der Waals surface area (Å²) in [5.74, 6) is 0.793. The van der Waals surface area contributed by atoms with Crippen molar-refractivity contribution < 1.29 is 0 Å². The fourth-order valence-electron chi connectivity index (χ4n) is 1.16. The number of aryl methyl sites for hydroxylation is 1. The van der Waals surface area contributed by atoms with Gasteiger partial charge < -0.3 is 10.6 Å². The molecule has 1 rings (SSSR count). The molecule has 0 aliphatic carbocycles. The Hall–Kier alpha value is -1.58. The third-order valence-electron chi connectivity index (χ3n) is 2.04. The van der Waals surface area contributed by atoms with Gasteiger partial charge in [-0.15, -0.1) is 0 Å². The number of aliphatic imine (C=N–C) groups is 1. The summed E-state index contributed by atoms with van der Waals surface area (Å²) in [6, 6.07) is 2.01. The number of nitrogens with zero attached hydrogens (tertiary/aromatic N) is 2. The van der Waals surface area contributed by atoms with E-state index in [4.69, 9.17) is 0 Å². The van der Waals surface area contributed by atoms with E-state index in [1.807, 2.05) is 26.2 Å². The molecule has 0 amide bonds. The summed E-state index contributed by atoms with van der Waals surface area (Å²) in [5, 5.41) is 6.15. The van der Waals surface area contributed by atoms with E-state index in [1.54, 1.807) is 13.2 Å². The molecule has 0 aliphatic rings. The van der Waals surface area contributed by atoms with E-state index < -0.39 is 0 Å². The highest BCUT2D eigenvalue weighted by Gasteiger charge is 1.98. The average Bonchev–Trinajstić information content (AvgIpc) is 2.22. The van der Waals surface area contributed by atoms with Gasteiger partial charge in [0.2, 0.25) is 0 Å². The maximum atomic E-state index is 4.04. The van der Waals surface area contributed by atoms with Gasteiger partial charge in [-0.3, -0.25) is 9.98 Å². The number of guanidine groups is 1. The Labute approximate surface area is 84.5 Å². The molecule has 0 fully saturated rings. The molecule has 2 N–H and O–H groups in total. The Balaban J connectivity index is 2.58. The average molecular weight is 192 g/mol. The molecule has 0 atom stereocenters. The summed E-state index contributed by atoms with van der Waals surface area (Å²) in [6.45, 7) is 2.81. The lowest BCUT2D eigenvalue weighted by atomic mass is 10.1. The Morgan fingerprint density at radius 2 is 2.36 bits per heavy atom. The minimum atomic E-state index is 0.766. The van der Waals surface area contributed by atoms with Crippen LogP contribution in [0.5, 0.6) is 0 Å². The van der Waals surface area contributed by atoms with Crippen LogP contribution in [0.1, 0.15) is 11.1 Å². The van der Waals surface area contributed by atoms with Crippen molar-refractivity contribution in [1.82, 2.24) is 15.6 Å². The largest absolute Gasteiger partial charge is 0.359 e. The lowest BCUT2D eigenvalue weighted by molar-refractivity contribution is 0.857. The smallest absolute Gasteiger partial charge is 0.190 e. The fourth-order valence-corrected chi connectivity index (χ4v) is 1.16. The molecule has 0 aromatic carbocycles. The summed E-state index contributed by atoms with van der Waals surface area (Å²) in [7, 11) is 3.59. The first-order valence-electron chi connectivity index (χ1n) is 4.56. The molecule has 0 aliphatic heterocycles. The molecular weight excluding hydrogens is 176 g/mol. The standard InChI is InChI=1S/C10H16N4/c1-8-6-13-5-4-9(8)7-14-10(11-2)12-3/h4-6H,7H2,1-3H3,(H2,11,12,14). The van der Waals surface area contributed by atoms with Crippen molar-refractivity contribution in [1.29, 1.82) is 0 Å². The zero-order valence-electron chi connectivity index (χ0n) is 8.83. The van der Waals surface area contributed by atoms with Crippen LogP contribution in [0.25, 0.3) is 0 Å². The van der Waals surface area contributed by atoms with Gasteiger partial charge in [0.25, 0.3) is 0 Å². The van der Waals surface area contributed by atoms with Crippen LogP contribution < -0.4 is 10.6 Å². The summed E-state index contributed by atoms with van der Waals surface area (Å²) in [6.07, 6.45) is 3.66. The highest BCUT2D eigenvalue weighted by Crippen LogP contribution is 2.03. The molecule has 0 spiro atoms. The minimum absolute atomic E-state index is 0.766. The molecule has 0 unspecified atom stereocenters. The molecule has 4 nitrogen and oxygen atoms in total. The molecule has 1 heterocycles. The van der Waals surface area contributed by atoms with Gasteiger partial charge in [-0.1, -0.05) is 0 Å². The molecule has 0 saturated heterocycles. The summed E-state index contributed by atoms with van der Waals surface area (Å²) in [5.41, 5.74) is 2.42. The number of aromatic nitrogens is 1. The molecule has 0 bridgehead atoms. The molecule has 1 aromatic heterocycles. The lowest BCUT2D eigenvalue weighted by Gasteiger charge is -2.09. The lowest BCUT2D eigenvalue weighted by Crippen LogP contribution is -2.34. The van der Waals surface area contributed by atoms with E-state index in [1.165, 1.54) is 11.1 Å². The van der Waals surface area contributed by atoms with Crippen molar-refractivity contribution in [2.45, 2.75) is 13.5 Å². The second-order valence-corrected chi connectivity index (χ2v) is 2.98. The van der Waals surface area contributed by atoms with Crippen molar-refractivity contribution in [3.63, 3.8) is 0 Å². The molecule has 4 heteroatoms. The minimum Gasteiger partial charge on any atom is -0.359 e. The second-order valence-electron chi connectivity index (χ2n) is 2.98. The summed E-state index contributed by atoms with van der Waals surface area (Å²) < 4.78 is 0. The maximum Gasteiger partial charge on any atom is 0.190 e. The molecule has 0 saturated carbocycles. The van der Waals surface area contributed by atoms with Crippen LogP contribution in [-0.2, 0) is 6.54 Å². The van der Waals surface area contributed by atoms with E-state index in [0.29, 0.717) is 0 Å². The second kappa shape index (κ2) is 5.21. The number of pyridine rings is 1. The van der Waals surface area contributed by atoms with Gasteiger partial charge >= 0.3 is 0 Å². The third kappa shape index (κ3) is 2.73. The molecule has 14 heavy (non-hydrogen) atoms. The quantitative estimate of drug-likeness (QED) is 0.535. The van der Waals surface area contributed by atoms with Gasteiger partial charge in [0.1, 0.15) is 0 Å². The highest BCUT2D eigenvalue weighted by molar-refractivity contribution is 5.79. The van der Waals surface area contributed by atoms with Gasteiger partial charge in [-0.2, -0.15) is 0 Å². The van der Waals surface area contributed by atoms with Gasteiger partial charge in [0, 0.05) is 33.0 Å². The highest BCUT2D eigenvalue weighted by atomic mass is 15.1. The van der Waals surface area contributed by atoms with Crippen LogP contribution in [0.2, 0.25) is 0 Å². The fraction of sp³-hybridized carbons (Fsp3) is 0.400. The predicted octanol–water partition coefficient (Wildman–Crippen LogP) is 0.685. The molecule has 1 aromatic rings. The first-order valence-corrected chi connectivity index (χ1v) is 4.56. The van der Waals surface area contributed by atoms with Crippen molar-refractivity contribution in [2.24, 2.45) is 4.99 Å². The van der Waals surface area contributed by atoms with Crippen LogP contribution >= 0.6 is 0 Å². The van der Waals surface area contributed by atoms with E-state index in [9.17, 15) is 0 Å². The normalized spacial score (nSPS) is 11.2. The van der Waals surface area contributed by atoms with Crippen molar-refractivity contribution in [2.75, 3.05) is 14.1 Å². The van der Waals surface area contributed by atoms with Crippen LogP contribution in [0.3, 0.4) is 0 Å². The topological polar surface area (TPSA) is 49.3 Å². The maximum absolute atomic E-state index is 4.04. The monoisotopic (exact) mass is 192 g/mol. The molecular formula is C10H16N4. The molecule has 76 valence electrons. The first-order chi connectivity index (χ1) is 6.77. The van der Waals surface area contributed by atoms with Gasteiger partial charge in [-0.25, -0.2) is 0 Å². The number of hydrogen-bond donors (Lipinski definition) is 2. The Bertz CT molecular complexity index is 320. The van der Waals surface area contributed by atoms with Crippen LogP contribution in [-0.4, -0.2) is 25.0 Å². The van der Waals surface area contributed by atoms with Crippen LogP contribution in [0.15, 0.2) is 23.5 Å². The van der Waals surface area contributed by atoms with Gasteiger partial charge in [0.05, 0.1) is 0 Å². The van der Waals surface area contributed by atoms with E-state index in [-0.39, 0.29) is 0 Å². The van der Waals surface area contributed by atoms with E-state index >= 15 is 0 Å².